The molecule has 0 saturated heterocycles. The molecule has 1 aromatic carbocycles. The lowest BCUT2D eigenvalue weighted by molar-refractivity contribution is 0.0968. The predicted molar refractivity (Wildman–Crippen MR) is 56.8 cm³/mol. The topological polar surface area (TPSA) is 17.1 Å². The molecule has 0 radical (unpaired) electrons. The summed E-state index contributed by atoms with van der Waals surface area (Å²) in [6, 6.07) is 5.48. The van der Waals surface area contributed by atoms with Crippen molar-refractivity contribution in [3.63, 3.8) is 0 Å². The second-order valence-electron chi connectivity index (χ2n) is 3.50. The molecular weight excluding hydrogens is 251 g/mol. The van der Waals surface area contributed by atoms with Gasteiger partial charge < -0.3 is 0 Å². The van der Waals surface area contributed by atoms with E-state index < -0.39 is 4.32 Å². The van der Waals surface area contributed by atoms with Crippen molar-refractivity contribution < 1.29 is 4.79 Å². The third-order valence-electron chi connectivity index (χ3n) is 2.31. The molecule has 1 aliphatic carbocycles. The summed E-state index contributed by atoms with van der Waals surface area (Å²) < 4.78 is -0.431. The van der Waals surface area contributed by atoms with Crippen molar-refractivity contribution in [1.82, 2.24) is 0 Å². The second kappa shape index (κ2) is 2.82. The highest BCUT2D eigenvalue weighted by Crippen LogP contribution is 2.37. The van der Waals surface area contributed by atoms with E-state index in [4.69, 9.17) is 11.6 Å². The van der Waals surface area contributed by atoms with Gasteiger partial charge in [0.05, 0.1) is 4.32 Å². The van der Waals surface area contributed by atoms with Crippen molar-refractivity contribution >= 4 is 33.3 Å². The van der Waals surface area contributed by atoms with E-state index in [0.29, 0.717) is 5.02 Å². The van der Waals surface area contributed by atoms with Crippen LogP contribution in [0.15, 0.2) is 18.2 Å². The van der Waals surface area contributed by atoms with Gasteiger partial charge in [-0.2, -0.15) is 0 Å². The van der Waals surface area contributed by atoms with Crippen LogP contribution in [0.2, 0.25) is 5.02 Å². The molecule has 13 heavy (non-hydrogen) atoms. The first-order valence-electron chi connectivity index (χ1n) is 4.03. The lowest BCUT2D eigenvalue weighted by Gasteiger charge is -2.10. The van der Waals surface area contributed by atoms with Crippen LogP contribution in [0.3, 0.4) is 0 Å². The van der Waals surface area contributed by atoms with Gasteiger partial charge in [-0.3, -0.25) is 4.79 Å². The van der Waals surface area contributed by atoms with Gasteiger partial charge in [0.25, 0.3) is 0 Å². The van der Waals surface area contributed by atoms with E-state index in [0.717, 1.165) is 17.5 Å². The average Bonchev–Trinajstić information content (AvgIpc) is 2.26. The summed E-state index contributed by atoms with van der Waals surface area (Å²) in [5, 5.41) is 0.623. The molecule has 68 valence electrons. The SMILES string of the molecule is CC1(Br)Cc2ccc(Cl)cc2C1=O. The zero-order valence-electron chi connectivity index (χ0n) is 7.10. The Balaban J connectivity index is 2.57. The van der Waals surface area contributed by atoms with E-state index in [1.165, 1.54) is 0 Å². The maximum absolute atomic E-state index is 11.8. The number of alkyl halides is 1. The van der Waals surface area contributed by atoms with Gasteiger partial charge >= 0.3 is 0 Å². The van der Waals surface area contributed by atoms with Crippen LogP contribution < -0.4 is 0 Å². The van der Waals surface area contributed by atoms with Crippen molar-refractivity contribution in [3.05, 3.63) is 34.3 Å². The standard InChI is InChI=1S/C10H8BrClO/c1-10(11)5-6-2-3-7(12)4-8(6)9(10)13/h2-4H,5H2,1H3. The number of halogens is 2. The zero-order chi connectivity index (χ0) is 9.64. The Labute approximate surface area is 90.2 Å². The lowest BCUT2D eigenvalue weighted by Crippen LogP contribution is -2.23. The predicted octanol–water partition coefficient (Wildman–Crippen LogP) is 3.23. The van der Waals surface area contributed by atoms with Crippen molar-refractivity contribution in [2.75, 3.05) is 0 Å². The van der Waals surface area contributed by atoms with Gasteiger partial charge in [-0.25, -0.2) is 0 Å². The summed E-state index contributed by atoms with van der Waals surface area (Å²) in [6.07, 6.45) is 0.748. The van der Waals surface area contributed by atoms with Crippen LogP contribution in [0.25, 0.3) is 0 Å². The number of benzene rings is 1. The minimum Gasteiger partial charge on any atom is -0.293 e. The van der Waals surface area contributed by atoms with E-state index >= 15 is 0 Å². The van der Waals surface area contributed by atoms with Crippen molar-refractivity contribution in [1.29, 1.82) is 0 Å². The highest BCUT2D eigenvalue weighted by molar-refractivity contribution is 9.10. The number of Topliss-reactive ketones (excluding diaryl/α,β-unsaturated/α-hetero) is 1. The molecule has 0 spiro atoms. The first kappa shape index (κ1) is 9.22. The maximum atomic E-state index is 11.8. The zero-order valence-corrected chi connectivity index (χ0v) is 9.45. The van der Waals surface area contributed by atoms with Crippen LogP contribution in [0.1, 0.15) is 22.8 Å². The fraction of sp³-hybridized carbons (Fsp3) is 0.300. The van der Waals surface area contributed by atoms with E-state index in [9.17, 15) is 4.79 Å². The third kappa shape index (κ3) is 1.42. The van der Waals surface area contributed by atoms with Crippen LogP contribution >= 0.6 is 27.5 Å². The molecular formula is C10H8BrClO. The molecule has 0 aliphatic heterocycles. The molecule has 3 heteroatoms. The van der Waals surface area contributed by atoms with Crippen LogP contribution in [0, 0.1) is 0 Å². The molecule has 0 fully saturated rings. The quantitative estimate of drug-likeness (QED) is 0.654. The molecule has 1 aromatic rings. The van der Waals surface area contributed by atoms with Crippen molar-refractivity contribution in [2.45, 2.75) is 17.7 Å². The Morgan fingerprint density at radius 3 is 2.92 bits per heavy atom. The Hall–Kier alpha value is -0.340. The summed E-state index contributed by atoms with van der Waals surface area (Å²) in [6.45, 7) is 1.89. The summed E-state index contributed by atoms with van der Waals surface area (Å²) in [5.74, 6) is 0.130. The van der Waals surface area contributed by atoms with Gasteiger partial charge in [0.1, 0.15) is 0 Å². The fourth-order valence-corrected chi connectivity index (χ4v) is 2.32. The normalized spacial score (nSPS) is 26.2. The van der Waals surface area contributed by atoms with Crippen molar-refractivity contribution in [3.8, 4) is 0 Å². The third-order valence-corrected chi connectivity index (χ3v) is 3.19. The van der Waals surface area contributed by atoms with Gasteiger partial charge in [-0.1, -0.05) is 33.6 Å². The van der Waals surface area contributed by atoms with E-state index in [-0.39, 0.29) is 5.78 Å². The summed E-state index contributed by atoms with van der Waals surface area (Å²) >= 11 is 9.23. The Morgan fingerprint density at radius 1 is 1.54 bits per heavy atom. The molecule has 2 rings (SSSR count). The molecule has 0 bridgehead atoms. The Kier molecular flexibility index (Phi) is 2.00. The molecule has 0 aromatic heterocycles. The minimum absolute atomic E-state index is 0.130. The van der Waals surface area contributed by atoms with Crippen LogP contribution in [0.5, 0.6) is 0 Å². The van der Waals surface area contributed by atoms with Gasteiger partial charge in [0.2, 0.25) is 0 Å². The molecule has 1 unspecified atom stereocenters. The van der Waals surface area contributed by atoms with Gasteiger partial charge in [0.15, 0.2) is 5.78 Å². The summed E-state index contributed by atoms with van der Waals surface area (Å²) in [7, 11) is 0. The second-order valence-corrected chi connectivity index (χ2v) is 5.69. The lowest BCUT2D eigenvalue weighted by atomic mass is 10.1. The van der Waals surface area contributed by atoms with E-state index in [2.05, 4.69) is 15.9 Å². The average molecular weight is 260 g/mol. The van der Waals surface area contributed by atoms with Crippen LogP contribution in [-0.4, -0.2) is 10.1 Å². The van der Waals surface area contributed by atoms with Gasteiger partial charge in [0, 0.05) is 10.6 Å². The van der Waals surface area contributed by atoms with E-state index in [1.54, 1.807) is 6.07 Å². The molecule has 1 atom stereocenters. The first-order valence-corrected chi connectivity index (χ1v) is 5.20. The smallest absolute Gasteiger partial charge is 0.179 e. The molecule has 0 heterocycles. The monoisotopic (exact) mass is 258 g/mol. The summed E-state index contributed by atoms with van der Waals surface area (Å²) in [4.78, 5) is 11.8. The number of carbonyl (C=O) groups is 1. The highest BCUT2D eigenvalue weighted by Gasteiger charge is 2.39. The van der Waals surface area contributed by atoms with Crippen molar-refractivity contribution in [2.24, 2.45) is 0 Å². The molecule has 0 amide bonds. The minimum atomic E-state index is -0.431. The molecule has 1 nitrogen and oxygen atoms in total. The molecule has 0 N–H and O–H groups in total. The molecule has 1 aliphatic rings. The first-order chi connectivity index (χ1) is 6.00. The van der Waals surface area contributed by atoms with Gasteiger partial charge in [-0.15, -0.1) is 0 Å². The van der Waals surface area contributed by atoms with Crippen LogP contribution in [-0.2, 0) is 6.42 Å². The van der Waals surface area contributed by atoms with E-state index in [1.807, 2.05) is 19.1 Å². The molecule has 0 saturated carbocycles. The maximum Gasteiger partial charge on any atom is 0.179 e. The largest absolute Gasteiger partial charge is 0.293 e. The Morgan fingerprint density at radius 2 is 2.23 bits per heavy atom. The number of ketones is 1. The van der Waals surface area contributed by atoms with Crippen LogP contribution in [0.4, 0.5) is 0 Å². The van der Waals surface area contributed by atoms with Gasteiger partial charge in [-0.05, 0) is 31.0 Å². The summed E-state index contributed by atoms with van der Waals surface area (Å²) in [5.41, 5.74) is 1.83. The Bertz CT molecular complexity index is 385. The number of hydrogen-bond donors (Lipinski definition) is 0. The number of hydrogen-bond acceptors (Lipinski definition) is 1. The number of carbonyl (C=O) groups excluding carboxylic acids is 1. The highest BCUT2D eigenvalue weighted by atomic mass is 79.9. The fourth-order valence-electron chi connectivity index (χ4n) is 1.63. The number of fused-ring (bicyclic) bond motifs is 1. The number of rotatable bonds is 0.